The Morgan fingerprint density at radius 3 is 1.98 bits per heavy atom. The number of pyridine rings is 1. The van der Waals surface area contributed by atoms with E-state index in [2.05, 4.69) is 153 Å². The minimum Gasteiger partial charge on any atom is -0.264 e. The fourth-order valence-corrected chi connectivity index (χ4v) is 8.52. The first-order chi connectivity index (χ1) is 32.0. The van der Waals surface area contributed by atoms with E-state index in [1.807, 2.05) is 79.1 Å². The number of fused-ring (bicyclic) bond motifs is 2. The van der Waals surface area contributed by atoms with Gasteiger partial charge >= 0.3 is 0 Å². The number of aromatic nitrogens is 4. The van der Waals surface area contributed by atoms with E-state index < -0.39 is 0 Å². The number of benzene rings is 5. The lowest BCUT2D eigenvalue weighted by Gasteiger charge is -2.17. The number of rotatable bonds is 11. The molecule has 0 atom stereocenters. The van der Waals surface area contributed by atoms with Gasteiger partial charge in [-0.15, -0.1) is 12.3 Å². The SMILES string of the molecule is C#CC.C=Cc1c2c(cc(-c3ccc(-c4cc(C/C=C\C(=C/C)c5cncc6c5C=CCC6)cc(-c5nc(-c6ccccc6)nc(-c6ccccc6)n5)c4)cc3)c1/C=C\C)CC=CC=C2.S. The van der Waals surface area contributed by atoms with Crippen LogP contribution in [0.4, 0.5) is 0 Å². The van der Waals surface area contributed by atoms with Crippen molar-refractivity contribution in [2.45, 2.75) is 46.5 Å². The normalized spacial score (nSPS) is 12.7. The summed E-state index contributed by atoms with van der Waals surface area (Å²) in [5.41, 5.74) is 18.3. The molecule has 0 saturated heterocycles. The summed E-state index contributed by atoms with van der Waals surface area (Å²) in [6.45, 7) is 10.1. The highest BCUT2D eigenvalue weighted by atomic mass is 32.1. The fourth-order valence-electron chi connectivity index (χ4n) is 8.52. The first-order valence-corrected chi connectivity index (χ1v) is 22.3. The molecular weight excluding hydrogens is 821 g/mol. The minimum atomic E-state index is 0. The molecule has 4 nitrogen and oxygen atoms in total. The van der Waals surface area contributed by atoms with E-state index in [1.165, 1.54) is 38.9 Å². The summed E-state index contributed by atoms with van der Waals surface area (Å²) in [5.74, 6) is 4.16. The second-order valence-corrected chi connectivity index (χ2v) is 15.9. The third-order valence-electron chi connectivity index (χ3n) is 11.6. The van der Waals surface area contributed by atoms with Crippen LogP contribution in [0.15, 0.2) is 177 Å². The lowest BCUT2D eigenvalue weighted by Crippen LogP contribution is -2.01. The van der Waals surface area contributed by atoms with Crippen molar-refractivity contribution in [3.05, 3.63) is 221 Å². The van der Waals surface area contributed by atoms with Crippen molar-refractivity contribution in [1.29, 1.82) is 0 Å². The third kappa shape index (κ3) is 10.5. The van der Waals surface area contributed by atoms with Crippen molar-refractivity contribution in [3.63, 3.8) is 0 Å². The van der Waals surface area contributed by atoms with Crippen LogP contribution in [0.1, 0.15) is 71.7 Å². The van der Waals surface area contributed by atoms with Gasteiger partial charge in [-0.1, -0.05) is 170 Å². The zero-order valence-electron chi connectivity index (χ0n) is 37.9. The largest absolute Gasteiger partial charge is 0.264 e. The van der Waals surface area contributed by atoms with Crippen molar-refractivity contribution < 1.29 is 0 Å². The number of hydrogen-bond acceptors (Lipinski definition) is 4. The molecule has 0 saturated carbocycles. The molecule has 66 heavy (non-hydrogen) atoms. The van der Waals surface area contributed by atoms with Crippen LogP contribution in [0.25, 0.3) is 86.3 Å². The molecule has 2 aliphatic carbocycles. The molecule has 2 aromatic heterocycles. The molecule has 0 unspecified atom stereocenters. The Labute approximate surface area is 397 Å². The monoisotopic (exact) mass is 874 g/mol. The van der Waals surface area contributed by atoms with Crippen molar-refractivity contribution >= 4 is 43.4 Å². The summed E-state index contributed by atoms with van der Waals surface area (Å²) < 4.78 is 0. The van der Waals surface area contributed by atoms with Gasteiger partial charge in [0.15, 0.2) is 17.5 Å². The predicted octanol–water partition coefficient (Wildman–Crippen LogP) is 15.3. The fraction of sp³-hybridized carbons (Fsp3) is 0.115. The van der Waals surface area contributed by atoms with Gasteiger partial charge in [0.1, 0.15) is 0 Å². The first kappa shape index (κ1) is 46.3. The van der Waals surface area contributed by atoms with Gasteiger partial charge in [0, 0.05) is 34.6 Å². The molecule has 0 amide bonds. The van der Waals surface area contributed by atoms with Crippen LogP contribution in [0, 0.1) is 12.3 Å². The zero-order valence-corrected chi connectivity index (χ0v) is 38.9. The molecule has 5 heteroatoms. The lowest BCUT2D eigenvalue weighted by molar-refractivity contribution is 0.968. The second-order valence-electron chi connectivity index (χ2n) is 15.9. The molecule has 0 aliphatic heterocycles. The molecule has 7 aromatic rings. The van der Waals surface area contributed by atoms with Gasteiger partial charge in [-0.05, 0) is 131 Å². The zero-order chi connectivity index (χ0) is 45.0. The highest BCUT2D eigenvalue weighted by molar-refractivity contribution is 7.59. The van der Waals surface area contributed by atoms with Gasteiger partial charge in [0.25, 0.3) is 0 Å². The van der Waals surface area contributed by atoms with Crippen LogP contribution in [0.2, 0.25) is 0 Å². The lowest BCUT2D eigenvalue weighted by atomic mass is 9.86. The van der Waals surface area contributed by atoms with Gasteiger partial charge in [-0.2, -0.15) is 13.5 Å². The number of terminal acetylenes is 1. The van der Waals surface area contributed by atoms with E-state index >= 15 is 0 Å². The summed E-state index contributed by atoms with van der Waals surface area (Å²) >= 11 is 0. The summed E-state index contributed by atoms with van der Waals surface area (Å²) in [7, 11) is 0. The van der Waals surface area contributed by atoms with E-state index in [9.17, 15) is 0 Å². The van der Waals surface area contributed by atoms with E-state index in [0.717, 1.165) is 69.3 Å². The Kier molecular flexibility index (Phi) is 15.7. The molecular formula is C61H54N4S. The maximum Gasteiger partial charge on any atom is 0.164 e. The average Bonchev–Trinajstić information content (AvgIpc) is 3.61. The predicted molar refractivity (Wildman–Crippen MR) is 287 cm³/mol. The molecule has 2 heterocycles. The van der Waals surface area contributed by atoms with Crippen LogP contribution >= 0.6 is 13.5 Å². The standard InChI is InChI=1S/C58H48N4.C3H4.H2S/c1-4-19-53-50(6-3)51-28-15-9-14-25-46(51)37-54(53)43-32-30-42(31-33-43)48-34-40(20-18-27-41(5-2)55-39-59-38-47-26-16-17-29-52(47)55)35-49(36-48)58-61-56(44-21-10-7-11-22-44)60-57(62-58)45-23-12-8-13-24-45;1-3-2;/h4-15,17-19,21-24,27-39H,3,16,20,25-26H2,1-2H3;1H,2H3;1H2/b19-4-,27-18-,41-5+;;. The average molecular weight is 875 g/mol. The second kappa shape index (κ2) is 22.3. The number of allylic oxidation sites excluding steroid dienone is 9. The topological polar surface area (TPSA) is 51.6 Å². The smallest absolute Gasteiger partial charge is 0.164 e. The Morgan fingerprint density at radius 2 is 1.33 bits per heavy atom. The summed E-state index contributed by atoms with van der Waals surface area (Å²) in [6.07, 6.45) is 38.4. The number of hydrogen-bond donors (Lipinski definition) is 0. The van der Waals surface area contributed by atoms with E-state index in [0.29, 0.717) is 23.9 Å². The molecule has 9 rings (SSSR count). The van der Waals surface area contributed by atoms with Crippen LogP contribution in [0.5, 0.6) is 0 Å². The maximum absolute atomic E-state index is 5.13. The van der Waals surface area contributed by atoms with Crippen LogP contribution in [-0.2, 0) is 19.3 Å². The van der Waals surface area contributed by atoms with Gasteiger partial charge < -0.3 is 0 Å². The summed E-state index contributed by atoms with van der Waals surface area (Å²) in [4.78, 5) is 19.8. The molecule has 0 spiro atoms. The van der Waals surface area contributed by atoms with Crippen LogP contribution in [-0.4, -0.2) is 19.9 Å². The van der Waals surface area contributed by atoms with Crippen molar-refractivity contribution in [2.24, 2.45) is 0 Å². The van der Waals surface area contributed by atoms with Gasteiger partial charge in [-0.25, -0.2) is 15.0 Å². The highest BCUT2D eigenvalue weighted by Crippen LogP contribution is 2.37. The Bertz CT molecular complexity index is 3010. The van der Waals surface area contributed by atoms with Crippen molar-refractivity contribution in [2.75, 3.05) is 0 Å². The molecule has 0 N–H and O–H groups in total. The molecule has 5 aromatic carbocycles. The Morgan fingerprint density at radius 1 is 0.682 bits per heavy atom. The van der Waals surface area contributed by atoms with Gasteiger partial charge in [-0.3, -0.25) is 4.98 Å². The molecule has 2 aliphatic rings. The van der Waals surface area contributed by atoms with Crippen molar-refractivity contribution in [1.82, 2.24) is 19.9 Å². The molecule has 324 valence electrons. The van der Waals surface area contributed by atoms with E-state index in [-0.39, 0.29) is 13.5 Å². The number of aryl methyl sites for hydroxylation is 1. The van der Waals surface area contributed by atoms with Crippen molar-refractivity contribution in [3.8, 4) is 68.8 Å². The van der Waals surface area contributed by atoms with Crippen LogP contribution < -0.4 is 0 Å². The molecule has 0 fully saturated rings. The van der Waals surface area contributed by atoms with E-state index in [1.54, 1.807) is 6.92 Å². The third-order valence-corrected chi connectivity index (χ3v) is 11.6. The first-order valence-electron chi connectivity index (χ1n) is 22.3. The summed E-state index contributed by atoms with van der Waals surface area (Å²) in [6, 6.07) is 38.4. The maximum atomic E-state index is 5.13. The van der Waals surface area contributed by atoms with Crippen LogP contribution in [0.3, 0.4) is 0 Å². The highest BCUT2D eigenvalue weighted by Gasteiger charge is 2.18. The Hall–Kier alpha value is -7.65. The molecule has 0 radical (unpaired) electrons. The van der Waals surface area contributed by atoms with Gasteiger partial charge in [0.2, 0.25) is 0 Å². The Balaban J connectivity index is 0.00000158. The summed E-state index contributed by atoms with van der Waals surface area (Å²) in [5, 5.41) is 0. The van der Waals surface area contributed by atoms with E-state index in [4.69, 9.17) is 15.0 Å². The quantitative estimate of drug-likeness (QED) is 0.0960. The number of nitrogens with zero attached hydrogens (tertiary/aromatic N) is 4. The van der Waals surface area contributed by atoms with Gasteiger partial charge in [0.05, 0.1) is 0 Å². The molecule has 0 bridgehead atoms. The minimum absolute atomic E-state index is 0.